The lowest BCUT2D eigenvalue weighted by Gasteiger charge is -2.07. The van der Waals surface area contributed by atoms with Crippen LogP contribution in [-0.4, -0.2) is 53.1 Å². The molecule has 0 saturated heterocycles. The van der Waals surface area contributed by atoms with Gasteiger partial charge in [-0.1, -0.05) is 48.2 Å². The number of benzene rings is 2. The van der Waals surface area contributed by atoms with Gasteiger partial charge < -0.3 is 24.7 Å². The van der Waals surface area contributed by atoms with Crippen molar-refractivity contribution in [1.82, 2.24) is 25.4 Å². The van der Waals surface area contributed by atoms with E-state index in [2.05, 4.69) is 20.8 Å². The van der Waals surface area contributed by atoms with Crippen LogP contribution in [-0.2, 0) is 29.6 Å². The molecule has 0 spiro atoms. The molecule has 0 bridgehead atoms. The molecule has 0 aliphatic rings. The molecule has 184 valence electrons. The van der Waals surface area contributed by atoms with Crippen LogP contribution in [0.15, 0.2) is 59.8 Å². The molecule has 1 heterocycles. The number of rotatable bonds is 12. The lowest BCUT2D eigenvalue weighted by atomic mass is 10.1. The lowest BCUT2D eigenvalue weighted by molar-refractivity contribution is -0.118. The van der Waals surface area contributed by atoms with Crippen molar-refractivity contribution in [3.8, 4) is 11.5 Å². The fraction of sp³-hybridized carbons (Fsp3) is 0.280. The summed E-state index contributed by atoms with van der Waals surface area (Å²) in [6, 6.07) is 15.4. The van der Waals surface area contributed by atoms with Crippen molar-refractivity contribution in [2.24, 2.45) is 7.05 Å². The molecule has 0 unspecified atom stereocenters. The topological polar surface area (TPSA) is 107 Å². The van der Waals surface area contributed by atoms with Crippen molar-refractivity contribution < 1.29 is 19.1 Å². The fourth-order valence-electron chi connectivity index (χ4n) is 3.15. The second-order valence-electron chi connectivity index (χ2n) is 7.50. The summed E-state index contributed by atoms with van der Waals surface area (Å²) in [7, 11) is 4.93. The summed E-state index contributed by atoms with van der Waals surface area (Å²) < 4.78 is 12.3. The predicted octanol–water partition coefficient (Wildman–Crippen LogP) is 2.61. The molecular formula is C25H29N5O4S. The molecule has 2 N–H and O–H groups in total. The van der Waals surface area contributed by atoms with E-state index in [1.54, 1.807) is 44.0 Å². The number of hydrogen-bond acceptors (Lipinski definition) is 7. The Morgan fingerprint density at radius 3 is 2.54 bits per heavy atom. The van der Waals surface area contributed by atoms with Gasteiger partial charge in [0.25, 0.3) is 0 Å². The second-order valence-corrected chi connectivity index (χ2v) is 8.44. The van der Waals surface area contributed by atoms with Crippen molar-refractivity contribution in [2.45, 2.75) is 18.1 Å². The monoisotopic (exact) mass is 495 g/mol. The molecule has 9 nitrogen and oxygen atoms in total. The number of aromatic nitrogens is 3. The van der Waals surface area contributed by atoms with Crippen LogP contribution in [0.5, 0.6) is 11.5 Å². The minimum atomic E-state index is -0.269. The van der Waals surface area contributed by atoms with Crippen LogP contribution < -0.4 is 20.1 Å². The highest BCUT2D eigenvalue weighted by Gasteiger charge is 2.12. The first kappa shape index (κ1) is 25.8. The van der Waals surface area contributed by atoms with E-state index in [-0.39, 0.29) is 24.1 Å². The Morgan fingerprint density at radius 2 is 1.80 bits per heavy atom. The van der Waals surface area contributed by atoms with Crippen LogP contribution >= 0.6 is 11.8 Å². The molecule has 1 aromatic heterocycles. The number of nitrogens with one attached hydrogen (secondary N) is 2. The molecule has 0 saturated carbocycles. The zero-order valence-electron chi connectivity index (χ0n) is 20.0. The maximum absolute atomic E-state index is 12.2. The van der Waals surface area contributed by atoms with E-state index in [1.165, 1.54) is 23.4 Å². The third-order valence-electron chi connectivity index (χ3n) is 5.09. The maximum Gasteiger partial charge on any atom is 0.244 e. The molecule has 2 amide bonds. The number of ether oxygens (including phenoxy) is 2. The Hall–Kier alpha value is -3.79. The largest absolute Gasteiger partial charge is 0.493 e. The number of methoxy groups -OCH3 is 2. The Morgan fingerprint density at radius 1 is 1.03 bits per heavy atom. The van der Waals surface area contributed by atoms with E-state index >= 15 is 0 Å². The fourth-order valence-corrected chi connectivity index (χ4v) is 3.91. The van der Waals surface area contributed by atoms with Crippen molar-refractivity contribution in [3.05, 3.63) is 71.6 Å². The van der Waals surface area contributed by atoms with E-state index in [0.717, 1.165) is 12.0 Å². The van der Waals surface area contributed by atoms with E-state index in [0.29, 0.717) is 29.0 Å². The Balaban J connectivity index is 1.42. The molecule has 0 aliphatic carbocycles. The third-order valence-corrected chi connectivity index (χ3v) is 6.11. The van der Waals surface area contributed by atoms with Gasteiger partial charge in [-0.15, -0.1) is 10.2 Å². The highest BCUT2D eigenvalue weighted by molar-refractivity contribution is 7.99. The molecular weight excluding hydrogens is 466 g/mol. The lowest BCUT2D eigenvalue weighted by Crippen LogP contribution is -2.27. The van der Waals surface area contributed by atoms with Gasteiger partial charge in [-0.2, -0.15) is 0 Å². The number of carbonyl (C=O) groups is 2. The molecule has 0 radical (unpaired) electrons. The standard InChI is InChI=1S/C25H29N5O4S/c1-30-22(16-27-23(31)12-10-19-9-11-20(33-2)21(15-19)34-3)28-29-25(30)35-17-24(32)26-14-13-18-7-5-4-6-8-18/h4-12,15H,13-14,16-17H2,1-3H3,(H,26,32)(H,27,31)/b12-10+. The maximum atomic E-state index is 12.2. The van der Waals surface area contributed by atoms with Gasteiger partial charge in [0.1, 0.15) is 0 Å². The van der Waals surface area contributed by atoms with E-state index in [1.807, 2.05) is 36.4 Å². The average Bonchev–Trinajstić information content (AvgIpc) is 3.24. The number of thioether (sulfide) groups is 1. The first-order valence-electron chi connectivity index (χ1n) is 11.0. The van der Waals surface area contributed by atoms with Crippen molar-refractivity contribution in [3.63, 3.8) is 0 Å². The highest BCUT2D eigenvalue weighted by atomic mass is 32.2. The summed E-state index contributed by atoms with van der Waals surface area (Å²) in [5.41, 5.74) is 1.98. The minimum absolute atomic E-state index is 0.0657. The Labute approximate surface area is 208 Å². The molecule has 35 heavy (non-hydrogen) atoms. The number of hydrogen-bond donors (Lipinski definition) is 2. The van der Waals surface area contributed by atoms with Crippen molar-refractivity contribution in [1.29, 1.82) is 0 Å². The molecule has 0 aliphatic heterocycles. The number of carbonyl (C=O) groups excluding carboxylic acids is 2. The van der Waals surface area contributed by atoms with E-state index in [9.17, 15) is 9.59 Å². The first-order valence-corrected chi connectivity index (χ1v) is 12.0. The smallest absolute Gasteiger partial charge is 0.244 e. The van der Waals surface area contributed by atoms with Gasteiger partial charge >= 0.3 is 0 Å². The molecule has 0 fully saturated rings. The van der Waals surface area contributed by atoms with Gasteiger partial charge in [-0.05, 0) is 35.8 Å². The number of amides is 2. The van der Waals surface area contributed by atoms with Crippen LogP contribution in [0, 0.1) is 0 Å². The predicted molar refractivity (Wildman–Crippen MR) is 135 cm³/mol. The summed E-state index contributed by atoms with van der Waals surface area (Å²) in [5, 5.41) is 14.5. The normalized spacial score (nSPS) is 10.8. The molecule has 3 aromatic rings. The van der Waals surface area contributed by atoms with E-state index in [4.69, 9.17) is 9.47 Å². The van der Waals surface area contributed by atoms with Crippen LogP contribution in [0.4, 0.5) is 0 Å². The summed E-state index contributed by atoms with van der Waals surface area (Å²) in [4.78, 5) is 24.4. The molecule has 3 rings (SSSR count). The van der Waals surface area contributed by atoms with Gasteiger partial charge in [0.15, 0.2) is 22.5 Å². The second kappa shape index (κ2) is 13.2. The third kappa shape index (κ3) is 7.89. The summed E-state index contributed by atoms with van der Waals surface area (Å²) in [6.45, 7) is 0.790. The van der Waals surface area contributed by atoms with Gasteiger partial charge in [-0.25, -0.2) is 0 Å². The van der Waals surface area contributed by atoms with E-state index < -0.39 is 0 Å². The summed E-state index contributed by atoms with van der Waals surface area (Å²) >= 11 is 1.30. The van der Waals surface area contributed by atoms with Crippen LogP contribution in [0.25, 0.3) is 6.08 Å². The van der Waals surface area contributed by atoms with Crippen molar-refractivity contribution >= 4 is 29.7 Å². The van der Waals surface area contributed by atoms with Crippen LogP contribution in [0.1, 0.15) is 17.0 Å². The van der Waals surface area contributed by atoms with Gasteiger partial charge in [0, 0.05) is 19.7 Å². The highest BCUT2D eigenvalue weighted by Crippen LogP contribution is 2.27. The Bertz CT molecular complexity index is 1160. The van der Waals surface area contributed by atoms with Crippen LogP contribution in [0.3, 0.4) is 0 Å². The molecule has 0 atom stereocenters. The number of nitrogens with zero attached hydrogens (tertiary/aromatic N) is 3. The summed E-state index contributed by atoms with van der Waals surface area (Å²) in [5.74, 6) is 1.70. The van der Waals surface area contributed by atoms with Gasteiger partial charge in [-0.3, -0.25) is 9.59 Å². The summed E-state index contributed by atoms with van der Waals surface area (Å²) in [6.07, 6.45) is 3.91. The quantitative estimate of drug-likeness (QED) is 0.294. The van der Waals surface area contributed by atoms with Gasteiger partial charge in [0.05, 0.1) is 26.5 Å². The average molecular weight is 496 g/mol. The van der Waals surface area contributed by atoms with Crippen LogP contribution in [0.2, 0.25) is 0 Å². The first-order chi connectivity index (χ1) is 17.0. The molecule has 2 aromatic carbocycles. The Kier molecular flexibility index (Phi) is 9.73. The zero-order valence-corrected chi connectivity index (χ0v) is 20.8. The van der Waals surface area contributed by atoms with Crippen molar-refractivity contribution in [2.75, 3.05) is 26.5 Å². The molecule has 10 heteroatoms. The minimum Gasteiger partial charge on any atom is -0.493 e. The SMILES string of the molecule is COc1ccc(/C=C/C(=O)NCc2nnc(SCC(=O)NCCc3ccccc3)n2C)cc1OC. The van der Waals surface area contributed by atoms with Gasteiger partial charge in [0.2, 0.25) is 11.8 Å². The zero-order chi connectivity index (χ0) is 25.0.